The van der Waals surface area contributed by atoms with Crippen molar-refractivity contribution in [2.24, 2.45) is 5.73 Å². The zero-order chi connectivity index (χ0) is 13.9. The van der Waals surface area contributed by atoms with Gasteiger partial charge in [-0.25, -0.2) is 9.18 Å². The minimum absolute atomic E-state index is 0.0144. The van der Waals surface area contributed by atoms with Gasteiger partial charge in [0.05, 0.1) is 18.2 Å². The van der Waals surface area contributed by atoms with Gasteiger partial charge in [-0.3, -0.25) is 0 Å². The number of hydrogen-bond donors (Lipinski definition) is 4. The number of ether oxygens (including phenoxy) is 1. The lowest BCUT2D eigenvalue weighted by Crippen LogP contribution is -2.31. The first-order valence-corrected chi connectivity index (χ1v) is 5.19. The summed E-state index contributed by atoms with van der Waals surface area (Å²) in [6.45, 7) is 1.49. The number of nitrogens with two attached hydrogens (primary N) is 1. The molecular formula is C11H14FNO5. The number of alkyl halides is 1. The van der Waals surface area contributed by atoms with Gasteiger partial charge < -0.3 is 25.8 Å². The van der Waals surface area contributed by atoms with Gasteiger partial charge >= 0.3 is 5.97 Å². The van der Waals surface area contributed by atoms with Crippen LogP contribution in [0.15, 0.2) is 12.1 Å². The molecule has 0 bridgehead atoms. The van der Waals surface area contributed by atoms with E-state index in [9.17, 15) is 19.4 Å². The highest BCUT2D eigenvalue weighted by atomic mass is 19.1. The normalized spacial score (nSPS) is 13.9. The zero-order valence-electron chi connectivity index (χ0n) is 9.63. The lowest BCUT2D eigenvalue weighted by molar-refractivity contribution is -0.149. The van der Waals surface area contributed by atoms with E-state index < -0.39 is 35.4 Å². The van der Waals surface area contributed by atoms with Gasteiger partial charge in [-0.05, 0) is 6.92 Å². The van der Waals surface area contributed by atoms with E-state index in [4.69, 9.17) is 10.8 Å². The Labute approximate surface area is 102 Å². The third-order valence-electron chi connectivity index (χ3n) is 2.28. The second-order valence-electron chi connectivity index (χ2n) is 3.58. The van der Waals surface area contributed by atoms with Crippen LogP contribution in [0.4, 0.5) is 4.39 Å². The second kappa shape index (κ2) is 5.54. The Hall–Kier alpha value is -2.02. The van der Waals surface area contributed by atoms with Gasteiger partial charge in [-0.2, -0.15) is 0 Å². The Morgan fingerprint density at radius 1 is 1.39 bits per heavy atom. The van der Waals surface area contributed by atoms with Crippen molar-refractivity contribution >= 4 is 5.97 Å². The van der Waals surface area contributed by atoms with Crippen LogP contribution < -0.4 is 5.73 Å². The van der Waals surface area contributed by atoms with Crippen LogP contribution >= 0.6 is 0 Å². The van der Waals surface area contributed by atoms with Crippen molar-refractivity contribution in [3.05, 3.63) is 17.7 Å². The number of benzene rings is 1. The molecule has 0 heterocycles. The summed E-state index contributed by atoms with van der Waals surface area (Å²) >= 11 is 0. The molecule has 0 fully saturated rings. The van der Waals surface area contributed by atoms with Crippen molar-refractivity contribution in [2.75, 3.05) is 6.61 Å². The van der Waals surface area contributed by atoms with E-state index in [1.165, 1.54) is 6.92 Å². The molecule has 0 aliphatic rings. The van der Waals surface area contributed by atoms with Crippen LogP contribution in [0.1, 0.15) is 18.5 Å². The second-order valence-corrected chi connectivity index (χ2v) is 3.58. The largest absolute Gasteiger partial charge is 0.508 e. The molecule has 18 heavy (non-hydrogen) atoms. The summed E-state index contributed by atoms with van der Waals surface area (Å²) < 4.78 is 18.1. The van der Waals surface area contributed by atoms with E-state index in [2.05, 4.69) is 4.74 Å². The highest BCUT2D eigenvalue weighted by molar-refractivity contribution is 5.76. The van der Waals surface area contributed by atoms with E-state index in [-0.39, 0.29) is 12.2 Å². The molecule has 2 atom stereocenters. The van der Waals surface area contributed by atoms with Crippen molar-refractivity contribution in [3.8, 4) is 17.2 Å². The lowest BCUT2D eigenvalue weighted by atomic mass is 10.0. The highest BCUT2D eigenvalue weighted by Gasteiger charge is 2.31. The van der Waals surface area contributed by atoms with Crippen LogP contribution in [0.3, 0.4) is 0 Å². The van der Waals surface area contributed by atoms with Crippen LogP contribution in [-0.4, -0.2) is 34.1 Å². The monoisotopic (exact) mass is 259 g/mol. The number of carbonyl (C=O) groups is 1. The van der Waals surface area contributed by atoms with Gasteiger partial charge in [-0.1, -0.05) is 0 Å². The fraction of sp³-hybridized carbons (Fsp3) is 0.364. The number of esters is 1. The minimum atomic E-state index is -2.23. The van der Waals surface area contributed by atoms with E-state index in [1.54, 1.807) is 0 Å². The molecule has 0 amide bonds. The SMILES string of the molecule is CCOC(=O)C(F)[C@@H](N)c1c(O)cc(O)cc1O. The summed E-state index contributed by atoms with van der Waals surface area (Å²) in [5, 5.41) is 28.1. The van der Waals surface area contributed by atoms with Crippen molar-refractivity contribution in [3.63, 3.8) is 0 Å². The van der Waals surface area contributed by atoms with E-state index in [0.29, 0.717) is 0 Å². The number of carbonyl (C=O) groups excluding carboxylic acids is 1. The molecule has 0 saturated heterocycles. The number of halogens is 1. The molecule has 1 rings (SSSR count). The van der Waals surface area contributed by atoms with Crippen LogP contribution in [0.25, 0.3) is 0 Å². The van der Waals surface area contributed by atoms with Crippen LogP contribution in [0.2, 0.25) is 0 Å². The number of rotatable bonds is 4. The third kappa shape index (κ3) is 2.80. The Balaban J connectivity index is 3.03. The van der Waals surface area contributed by atoms with Crippen molar-refractivity contribution < 1.29 is 29.2 Å². The van der Waals surface area contributed by atoms with E-state index >= 15 is 0 Å². The molecule has 0 aromatic heterocycles. The van der Waals surface area contributed by atoms with E-state index in [0.717, 1.165) is 12.1 Å². The zero-order valence-corrected chi connectivity index (χ0v) is 9.63. The third-order valence-corrected chi connectivity index (χ3v) is 2.28. The molecule has 1 aromatic rings. The Kier molecular flexibility index (Phi) is 4.33. The summed E-state index contributed by atoms with van der Waals surface area (Å²) in [4.78, 5) is 11.2. The topological polar surface area (TPSA) is 113 Å². The van der Waals surface area contributed by atoms with Gasteiger partial charge in [0, 0.05) is 12.1 Å². The Morgan fingerprint density at radius 3 is 2.33 bits per heavy atom. The predicted molar refractivity (Wildman–Crippen MR) is 59.9 cm³/mol. The molecule has 0 spiro atoms. The first kappa shape index (κ1) is 14.0. The molecule has 0 aliphatic heterocycles. The average Bonchev–Trinajstić information content (AvgIpc) is 2.26. The fourth-order valence-corrected chi connectivity index (χ4v) is 1.46. The molecular weight excluding hydrogens is 245 g/mol. The van der Waals surface area contributed by atoms with Crippen LogP contribution in [0.5, 0.6) is 17.2 Å². The van der Waals surface area contributed by atoms with Gasteiger partial charge in [0.2, 0.25) is 6.17 Å². The molecule has 0 aliphatic carbocycles. The molecule has 100 valence electrons. The number of phenols is 3. The standard InChI is InChI=1S/C11H14FNO5/c1-2-18-11(17)9(12)10(13)8-6(15)3-5(14)4-7(8)16/h3-4,9-10,14-16H,2,13H2,1H3/t9?,10-/m0/s1. The molecule has 1 aromatic carbocycles. The molecule has 7 heteroatoms. The lowest BCUT2D eigenvalue weighted by Gasteiger charge is -2.18. The van der Waals surface area contributed by atoms with Crippen molar-refractivity contribution in [2.45, 2.75) is 19.1 Å². The Bertz CT molecular complexity index is 428. The highest BCUT2D eigenvalue weighted by Crippen LogP contribution is 2.37. The maximum absolute atomic E-state index is 13.6. The fourth-order valence-electron chi connectivity index (χ4n) is 1.46. The number of hydrogen-bond acceptors (Lipinski definition) is 6. The summed E-state index contributed by atoms with van der Waals surface area (Å²) in [6.07, 6.45) is -2.23. The van der Waals surface area contributed by atoms with Gasteiger partial charge in [0.1, 0.15) is 17.2 Å². The molecule has 0 saturated carbocycles. The van der Waals surface area contributed by atoms with Gasteiger partial charge in [-0.15, -0.1) is 0 Å². The van der Waals surface area contributed by atoms with Crippen LogP contribution in [0, 0.1) is 0 Å². The Morgan fingerprint density at radius 2 is 1.89 bits per heavy atom. The summed E-state index contributed by atoms with van der Waals surface area (Å²) in [7, 11) is 0. The maximum Gasteiger partial charge on any atom is 0.342 e. The average molecular weight is 259 g/mol. The smallest absolute Gasteiger partial charge is 0.342 e. The molecule has 5 N–H and O–H groups in total. The summed E-state index contributed by atoms with van der Waals surface area (Å²) in [5.74, 6) is -2.80. The number of phenolic OH excluding ortho intramolecular Hbond substituents is 3. The number of aromatic hydroxyl groups is 3. The molecule has 0 radical (unpaired) electrons. The molecule has 6 nitrogen and oxygen atoms in total. The first-order chi connectivity index (χ1) is 8.38. The van der Waals surface area contributed by atoms with Crippen molar-refractivity contribution in [1.82, 2.24) is 0 Å². The van der Waals surface area contributed by atoms with Crippen molar-refractivity contribution in [1.29, 1.82) is 0 Å². The first-order valence-electron chi connectivity index (χ1n) is 5.19. The molecule has 1 unspecified atom stereocenters. The van der Waals surface area contributed by atoms with E-state index in [1.807, 2.05) is 0 Å². The van der Waals surface area contributed by atoms with Gasteiger partial charge in [0.25, 0.3) is 0 Å². The summed E-state index contributed by atoms with van der Waals surface area (Å²) in [5.41, 5.74) is 5.08. The minimum Gasteiger partial charge on any atom is -0.508 e. The maximum atomic E-state index is 13.6. The quantitative estimate of drug-likeness (QED) is 0.592. The van der Waals surface area contributed by atoms with Gasteiger partial charge in [0.15, 0.2) is 0 Å². The van der Waals surface area contributed by atoms with Crippen LogP contribution in [-0.2, 0) is 9.53 Å². The summed E-state index contributed by atoms with van der Waals surface area (Å²) in [6, 6.07) is 0.171. The predicted octanol–water partition coefficient (Wildman–Crippen LogP) is 0.704.